The summed E-state index contributed by atoms with van der Waals surface area (Å²) in [5.41, 5.74) is 0. The Bertz CT molecular complexity index is 828. The van der Waals surface area contributed by atoms with Gasteiger partial charge < -0.3 is 9.64 Å². The summed E-state index contributed by atoms with van der Waals surface area (Å²) in [7, 11) is 0. The van der Waals surface area contributed by atoms with E-state index in [1.807, 2.05) is 48.8 Å². The standard InChI is InChI=1S/C19H21ClN4OS/c1-26-19(22-14-21)24-10-8-23(9-11-24)12-13-25-18-7-6-17(20)15-4-2-3-5-16(15)18/h2-7H,8-13H2,1H3. The smallest absolute Gasteiger partial charge is 0.208 e. The van der Waals surface area contributed by atoms with E-state index in [2.05, 4.69) is 14.8 Å². The zero-order valence-electron chi connectivity index (χ0n) is 14.7. The van der Waals surface area contributed by atoms with Crippen LogP contribution in [0, 0.1) is 11.5 Å². The fraction of sp³-hybridized carbons (Fsp3) is 0.368. The van der Waals surface area contributed by atoms with Gasteiger partial charge >= 0.3 is 0 Å². The van der Waals surface area contributed by atoms with Gasteiger partial charge in [0.15, 0.2) is 5.17 Å². The van der Waals surface area contributed by atoms with Crippen molar-refractivity contribution in [3.8, 4) is 11.9 Å². The summed E-state index contributed by atoms with van der Waals surface area (Å²) < 4.78 is 6.03. The molecule has 7 heteroatoms. The summed E-state index contributed by atoms with van der Waals surface area (Å²) in [4.78, 5) is 8.42. The fourth-order valence-corrected chi connectivity index (χ4v) is 3.90. The predicted octanol–water partition coefficient (Wildman–Crippen LogP) is 3.69. The van der Waals surface area contributed by atoms with E-state index in [4.69, 9.17) is 21.6 Å². The Hall–Kier alpha value is -1.94. The molecule has 26 heavy (non-hydrogen) atoms. The van der Waals surface area contributed by atoms with Crippen LogP contribution in [0.3, 0.4) is 0 Å². The van der Waals surface area contributed by atoms with Gasteiger partial charge in [-0.25, -0.2) is 0 Å². The molecule has 1 aliphatic rings. The summed E-state index contributed by atoms with van der Waals surface area (Å²) >= 11 is 7.78. The van der Waals surface area contributed by atoms with Crippen molar-refractivity contribution in [3.05, 3.63) is 41.4 Å². The van der Waals surface area contributed by atoms with Crippen LogP contribution >= 0.6 is 23.4 Å². The first-order chi connectivity index (χ1) is 12.7. The predicted molar refractivity (Wildman–Crippen MR) is 109 cm³/mol. The van der Waals surface area contributed by atoms with Crippen LogP contribution in [0.15, 0.2) is 41.4 Å². The highest BCUT2D eigenvalue weighted by Gasteiger charge is 2.19. The second-order valence-electron chi connectivity index (χ2n) is 5.97. The van der Waals surface area contributed by atoms with Crippen LogP contribution in [-0.2, 0) is 0 Å². The first-order valence-corrected chi connectivity index (χ1v) is 10.1. The van der Waals surface area contributed by atoms with E-state index in [0.717, 1.165) is 59.4 Å². The number of aliphatic imine (C=N–C) groups is 1. The molecular formula is C19H21ClN4OS. The SMILES string of the molecule is CSC(=NC#N)N1CCN(CCOc2ccc(Cl)c3ccccc23)CC1. The average molecular weight is 389 g/mol. The minimum atomic E-state index is 0.632. The lowest BCUT2D eigenvalue weighted by Gasteiger charge is -2.35. The molecule has 0 atom stereocenters. The topological polar surface area (TPSA) is 51.9 Å². The van der Waals surface area contributed by atoms with Gasteiger partial charge in [0.05, 0.1) is 0 Å². The van der Waals surface area contributed by atoms with Gasteiger partial charge in [0.25, 0.3) is 0 Å². The maximum atomic E-state index is 8.75. The van der Waals surface area contributed by atoms with Crippen LogP contribution in [0.1, 0.15) is 0 Å². The Morgan fingerprint density at radius 3 is 2.62 bits per heavy atom. The zero-order valence-corrected chi connectivity index (χ0v) is 16.3. The Balaban J connectivity index is 1.52. The second kappa shape index (κ2) is 9.13. The molecule has 0 spiro atoms. The van der Waals surface area contributed by atoms with Crippen molar-refractivity contribution in [2.45, 2.75) is 0 Å². The molecule has 0 saturated carbocycles. The fourth-order valence-electron chi connectivity index (χ4n) is 3.10. The van der Waals surface area contributed by atoms with Crippen LogP contribution in [0.5, 0.6) is 5.75 Å². The summed E-state index contributed by atoms with van der Waals surface area (Å²) in [6.07, 6.45) is 3.83. The lowest BCUT2D eigenvalue weighted by atomic mass is 10.1. The Morgan fingerprint density at radius 1 is 1.19 bits per heavy atom. The van der Waals surface area contributed by atoms with Gasteiger partial charge in [-0.2, -0.15) is 5.26 Å². The van der Waals surface area contributed by atoms with Crippen molar-refractivity contribution in [1.82, 2.24) is 9.80 Å². The van der Waals surface area contributed by atoms with E-state index in [0.29, 0.717) is 6.61 Å². The van der Waals surface area contributed by atoms with Gasteiger partial charge in [-0.3, -0.25) is 4.90 Å². The normalized spacial score (nSPS) is 15.9. The van der Waals surface area contributed by atoms with Gasteiger partial charge in [0.2, 0.25) is 6.19 Å². The minimum absolute atomic E-state index is 0.632. The van der Waals surface area contributed by atoms with E-state index in [1.54, 1.807) is 0 Å². The van der Waals surface area contributed by atoms with E-state index in [1.165, 1.54) is 11.8 Å². The lowest BCUT2D eigenvalue weighted by Crippen LogP contribution is -2.48. The van der Waals surface area contributed by atoms with Crippen molar-refractivity contribution in [2.75, 3.05) is 45.6 Å². The first-order valence-electron chi connectivity index (χ1n) is 8.51. The molecule has 3 rings (SSSR count). The molecule has 0 N–H and O–H groups in total. The minimum Gasteiger partial charge on any atom is -0.492 e. The molecule has 0 aliphatic carbocycles. The number of benzene rings is 2. The zero-order chi connectivity index (χ0) is 18.4. The largest absolute Gasteiger partial charge is 0.492 e. The highest BCUT2D eigenvalue weighted by Crippen LogP contribution is 2.31. The van der Waals surface area contributed by atoms with Gasteiger partial charge in [-0.1, -0.05) is 47.6 Å². The molecule has 0 unspecified atom stereocenters. The Morgan fingerprint density at radius 2 is 1.92 bits per heavy atom. The van der Waals surface area contributed by atoms with Crippen LogP contribution < -0.4 is 4.74 Å². The number of thioether (sulfide) groups is 1. The van der Waals surface area contributed by atoms with E-state index in [-0.39, 0.29) is 0 Å². The summed E-state index contributed by atoms with van der Waals surface area (Å²) in [6.45, 7) is 5.14. The number of ether oxygens (including phenoxy) is 1. The number of hydrogen-bond acceptors (Lipinski definition) is 5. The summed E-state index contributed by atoms with van der Waals surface area (Å²) in [6, 6.07) is 11.8. The van der Waals surface area contributed by atoms with Gasteiger partial charge in [-0.05, 0) is 18.4 Å². The number of fused-ring (bicyclic) bond motifs is 1. The summed E-state index contributed by atoms with van der Waals surface area (Å²) in [5, 5.41) is 12.4. The molecule has 2 aromatic carbocycles. The molecule has 0 aromatic heterocycles. The van der Waals surface area contributed by atoms with E-state index in [9.17, 15) is 0 Å². The molecule has 1 fully saturated rings. The molecule has 5 nitrogen and oxygen atoms in total. The van der Waals surface area contributed by atoms with E-state index < -0.39 is 0 Å². The summed E-state index contributed by atoms with van der Waals surface area (Å²) in [5.74, 6) is 0.870. The highest BCUT2D eigenvalue weighted by molar-refractivity contribution is 8.13. The third kappa shape index (κ3) is 4.42. The molecule has 1 saturated heterocycles. The number of piperazine rings is 1. The monoisotopic (exact) mass is 388 g/mol. The van der Waals surface area contributed by atoms with Crippen molar-refractivity contribution in [1.29, 1.82) is 5.26 Å². The van der Waals surface area contributed by atoms with Crippen molar-refractivity contribution >= 4 is 39.3 Å². The molecular weight excluding hydrogens is 368 g/mol. The quantitative estimate of drug-likeness (QED) is 0.454. The van der Waals surface area contributed by atoms with Crippen molar-refractivity contribution in [3.63, 3.8) is 0 Å². The van der Waals surface area contributed by atoms with E-state index >= 15 is 0 Å². The number of nitriles is 1. The van der Waals surface area contributed by atoms with Gasteiger partial charge in [-0.15, -0.1) is 4.99 Å². The van der Waals surface area contributed by atoms with Gasteiger partial charge in [0.1, 0.15) is 12.4 Å². The maximum Gasteiger partial charge on any atom is 0.208 e. The number of hydrogen-bond donors (Lipinski definition) is 0. The Labute approximate surface area is 163 Å². The van der Waals surface area contributed by atoms with Crippen molar-refractivity contribution in [2.24, 2.45) is 4.99 Å². The third-order valence-corrected chi connectivity index (χ3v) is 5.51. The van der Waals surface area contributed by atoms with Crippen LogP contribution in [0.2, 0.25) is 5.02 Å². The molecule has 0 amide bonds. The number of rotatable bonds is 4. The average Bonchev–Trinajstić information content (AvgIpc) is 2.69. The molecule has 136 valence electrons. The number of nitrogens with zero attached hydrogens (tertiary/aromatic N) is 4. The van der Waals surface area contributed by atoms with Crippen LogP contribution in [-0.4, -0.2) is 60.6 Å². The third-order valence-electron chi connectivity index (χ3n) is 4.47. The first kappa shape index (κ1) is 18.8. The molecule has 1 aliphatic heterocycles. The molecule has 1 heterocycles. The molecule has 0 bridgehead atoms. The van der Waals surface area contributed by atoms with Gasteiger partial charge in [0, 0.05) is 48.5 Å². The van der Waals surface area contributed by atoms with Crippen LogP contribution in [0.4, 0.5) is 0 Å². The molecule has 0 radical (unpaired) electrons. The highest BCUT2D eigenvalue weighted by atomic mass is 35.5. The number of halogens is 1. The van der Waals surface area contributed by atoms with Crippen LogP contribution in [0.25, 0.3) is 10.8 Å². The van der Waals surface area contributed by atoms with Crippen molar-refractivity contribution < 1.29 is 4.74 Å². The number of amidine groups is 1. The lowest BCUT2D eigenvalue weighted by molar-refractivity contribution is 0.156. The second-order valence-corrected chi connectivity index (χ2v) is 7.15. The Kier molecular flexibility index (Phi) is 6.62. The molecule has 2 aromatic rings. The maximum absolute atomic E-state index is 8.75.